The number of amides is 4. The van der Waals surface area contributed by atoms with Gasteiger partial charge in [-0.15, -0.1) is 33.3 Å². The molecule has 252 valence electrons. The van der Waals surface area contributed by atoms with E-state index in [9.17, 15) is 39.3 Å². The lowest BCUT2D eigenvalue weighted by molar-refractivity contribution is -0.150. The first-order valence-corrected chi connectivity index (χ1v) is 17.3. The standard InChI is InChI=1S/C26H25N9O9S4/c1-26(2,23(43)32-31-18(38)10-3-4-13(36)14(37)5-10)44-34-15(12-8-46-24(27)29-12)19(39)30-16-20(40)35-17(22(41)42)11(6-45-21(16)35)7-47-25-33-28-9-48-25/h3-5,8-9,16,21,36-37H,6-7H2,1-2H3,(H2,27,29)(H,30,39)(H,31,38)(H,32,43)(H,41,42)/t16?,21-/m0/s1. The Morgan fingerprint density at radius 3 is 2.60 bits per heavy atom. The molecule has 4 amide bonds. The minimum atomic E-state index is -1.79. The molecule has 18 nitrogen and oxygen atoms in total. The van der Waals surface area contributed by atoms with Crippen molar-refractivity contribution in [1.82, 2.24) is 36.2 Å². The van der Waals surface area contributed by atoms with Crippen LogP contribution < -0.4 is 21.9 Å². The number of nitrogens with two attached hydrogens (primary N) is 1. The summed E-state index contributed by atoms with van der Waals surface area (Å²) < 4.78 is 0.650. The number of thiazole rings is 1. The smallest absolute Gasteiger partial charge is 0.352 e. The average Bonchev–Trinajstić information content (AvgIpc) is 3.73. The second-order valence-corrected chi connectivity index (χ2v) is 14.4. The predicted octanol–water partition coefficient (Wildman–Crippen LogP) is 0.479. The molecule has 5 rings (SSSR count). The molecule has 1 fully saturated rings. The Morgan fingerprint density at radius 1 is 1.19 bits per heavy atom. The SMILES string of the molecule is CC(C)(ON=C(C(=O)NC1C(=O)N2C(C(=O)O)=C(CSc3nncs3)CS[C@@H]12)c1csc(N)n1)C(=O)NNC(=O)c1ccc(O)c(O)c1. The number of fused-ring (bicyclic) bond motifs is 1. The van der Waals surface area contributed by atoms with Gasteiger partial charge in [-0.05, 0) is 37.6 Å². The molecule has 3 aromatic rings. The van der Waals surface area contributed by atoms with E-state index < -0.39 is 63.8 Å². The monoisotopic (exact) mass is 735 g/mol. The number of phenols is 2. The maximum Gasteiger partial charge on any atom is 0.352 e. The Kier molecular flexibility index (Phi) is 10.1. The lowest BCUT2D eigenvalue weighted by Crippen LogP contribution is -2.71. The fourth-order valence-corrected chi connectivity index (χ4v) is 7.70. The first-order chi connectivity index (χ1) is 22.8. The number of hydrogen-bond acceptors (Lipinski definition) is 17. The molecule has 1 saturated heterocycles. The number of carbonyl (C=O) groups is 5. The number of benzene rings is 1. The van der Waals surface area contributed by atoms with Gasteiger partial charge in [-0.3, -0.25) is 34.9 Å². The number of carboxylic acid groups (broad SMARTS) is 1. The highest BCUT2D eigenvalue weighted by Gasteiger charge is 2.54. The molecule has 1 unspecified atom stereocenters. The molecule has 8 N–H and O–H groups in total. The van der Waals surface area contributed by atoms with Gasteiger partial charge < -0.3 is 31.2 Å². The normalized spacial score (nSPS) is 17.7. The number of hydrazine groups is 1. The number of carbonyl (C=O) groups excluding carboxylic acids is 4. The molecule has 2 aliphatic rings. The molecule has 0 bridgehead atoms. The number of nitrogens with zero attached hydrogens (tertiary/aromatic N) is 5. The van der Waals surface area contributed by atoms with Gasteiger partial charge in [0.05, 0.1) is 0 Å². The van der Waals surface area contributed by atoms with Gasteiger partial charge in [0.2, 0.25) is 5.60 Å². The van der Waals surface area contributed by atoms with Crippen LogP contribution in [0.3, 0.4) is 0 Å². The summed E-state index contributed by atoms with van der Waals surface area (Å²) in [6, 6.07) is 2.18. The van der Waals surface area contributed by atoms with Gasteiger partial charge in [-0.2, -0.15) is 0 Å². The first kappa shape index (κ1) is 34.4. The third-order valence-electron chi connectivity index (χ3n) is 6.67. The Balaban J connectivity index is 1.26. The summed E-state index contributed by atoms with van der Waals surface area (Å²) >= 11 is 4.88. The molecule has 2 aliphatic heterocycles. The number of hydrogen-bond donors (Lipinski definition) is 7. The van der Waals surface area contributed by atoms with Gasteiger partial charge in [-0.1, -0.05) is 28.3 Å². The van der Waals surface area contributed by atoms with Gasteiger partial charge >= 0.3 is 5.97 Å². The molecule has 48 heavy (non-hydrogen) atoms. The Hall–Kier alpha value is -4.93. The number of aromatic hydroxyl groups is 2. The van der Waals surface area contributed by atoms with Crippen molar-refractivity contribution < 1.29 is 44.1 Å². The van der Waals surface area contributed by atoms with E-state index in [1.165, 1.54) is 60.2 Å². The number of thioether (sulfide) groups is 2. The minimum absolute atomic E-state index is 0.0197. The Morgan fingerprint density at radius 2 is 1.96 bits per heavy atom. The van der Waals surface area contributed by atoms with Crippen LogP contribution in [0.4, 0.5) is 5.13 Å². The minimum Gasteiger partial charge on any atom is -0.504 e. The van der Waals surface area contributed by atoms with Crippen molar-refractivity contribution >= 4 is 86.6 Å². The third kappa shape index (κ3) is 7.30. The van der Waals surface area contributed by atoms with Crippen molar-refractivity contribution in [3.63, 3.8) is 0 Å². The lowest BCUT2D eigenvalue weighted by Gasteiger charge is -2.49. The van der Waals surface area contributed by atoms with Gasteiger partial charge in [0, 0.05) is 22.4 Å². The second-order valence-electron chi connectivity index (χ2n) is 10.3. The molecule has 2 atom stereocenters. The van der Waals surface area contributed by atoms with Gasteiger partial charge in [-0.25, -0.2) is 9.78 Å². The summed E-state index contributed by atoms with van der Waals surface area (Å²) in [5.74, 6) is -4.96. The van der Waals surface area contributed by atoms with Crippen molar-refractivity contribution in [3.8, 4) is 11.5 Å². The van der Waals surface area contributed by atoms with Crippen LogP contribution in [0.25, 0.3) is 0 Å². The van der Waals surface area contributed by atoms with Crippen LogP contribution in [0.15, 0.2) is 49.9 Å². The second kappa shape index (κ2) is 14.0. The molecule has 1 aromatic carbocycles. The van der Waals surface area contributed by atoms with E-state index in [1.807, 2.05) is 0 Å². The van der Waals surface area contributed by atoms with E-state index in [-0.39, 0.29) is 33.6 Å². The number of β-lactam (4-membered cyclic amide) rings is 1. The summed E-state index contributed by atoms with van der Waals surface area (Å²) in [7, 11) is 0. The summed E-state index contributed by atoms with van der Waals surface area (Å²) in [6.07, 6.45) is 0. The largest absolute Gasteiger partial charge is 0.504 e. The molecule has 4 heterocycles. The van der Waals surface area contributed by atoms with Crippen molar-refractivity contribution in [2.75, 3.05) is 17.2 Å². The lowest BCUT2D eigenvalue weighted by atomic mass is 10.0. The molecule has 0 spiro atoms. The molecule has 0 radical (unpaired) electrons. The number of nitrogens with one attached hydrogen (secondary N) is 3. The van der Waals surface area contributed by atoms with Crippen LogP contribution in [0, 0.1) is 0 Å². The zero-order valence-electron chi connectivity index (χ0n) is 24.7. The number of aliphatic carboxylic acids is 1. The van der Waals surface area contributed by atoms with Crippen LogP contribution in [0.5, 0.6) is 11.5 Å². The number of aromatic nitrogens is 3. The highest BCUT2D eigenvalue weighted by molar-refractivity contribution is 8.01. The van der Waals surface area contributed by atoms with Crippen molar-refractivity contribution in [2.24, 2.45) is 5.16 Å². The van der Waals surface area contributed by atoms with Gasteiger partial charge in [0.25, 0.3) is 23.6 Å². The van der Waals surface area contributed by atoms with Crippen molar-refractivity contribution in [2.45, 2.75) is 35.2 Å². The quantitative estimate of drug-likeness (QED) is 0.0464. The van der Waals surface area contributed by atoms with Crippen LogP contribution >= 0.6 is 46.2 Å². The molecule has 0 saturated carbocycles. The maximum atomic E-state index is 13.5. The highest BCUT2D eigenvalue weighted by atomic mass is 32.2. The number of rotatable bonds is 11. The summed E-state index contributed by atoms with van der Waals surface area (Å²) in [5.41, 5.74) is 9.65. The van der Waals surface area contributed by atoms with Crippen LogP contribution in [0.2, 0.25) is 0 Å². The van der Waals surface area contributed by atoms with E-state index in [0.29, 0.717) is 9.91 Å². The maximum absolute atomic E-state index is 13.5. The third-order valence-corrected chi connectivity index (χ3v) is 10.6. The zero-order chi connectivity index (χ0) is 34.7. The Labute approximate surface area is 286 Å². The van der Waals surface area contributed by atoms with Gasteiger partial charge in [0.15, 0.2) is 26.7 Å². The van der Waals surface area contributed by atoms with E-state index in [1.54, 1.807) is 5.51 Å². The number of carboxylic acids is 1. The molecule has 2 aromatic heterocycles. The molecular formula is C26H25N9O9S4. The number of nitrogen functional groups attached to an aromatic ring is 1. The van der Waals surface area contributed by atoms with E-state index in [2.05, 4.69) is 36.5 Å². The van der Waals surface area contributed by atoms with E-state index in [4.69, 9.17) is 10.6 Å². The summed E-state index contributed by atoms with van der Waals surface area (Å²) in [5, 5.41) is 43.9. The van der Waals surface area contributed by atoms with Crippen molar-refractivity contribution in [1.29, 1.82) is 0 Å². The zero-order valence-corrected chi connectivity index (χ0v) is 28.0. The van der Waals surface area contributed by atoms with E-state index in [0.717, 1.165) is 28.4 Å². The highest BCUT2D eigenvalue weighted by Crippen LogP contribution is 2.41. The van der Waals surface area contributed by atoms with Crippen molar-refractivity contribution in [3.05, 3.63) is 51.6 Å². The van der Waals surface area contributed by atoms with Crippen LogP contribution in [0.1, 0.15) is 29.9 Å². The van der Waals surface area contributed by atoms with Crippen LogP contribution in [-0.4, -0.2) is 99.2 Å². The number of phenolic OH excluding ortho intramolecular Hbond substituents is 2. The summed E-state index contributed by atoms with van der Waals surface area (Å²) in [4.78, 5) is 74.7. The fraction of sp³-hybridized carbons (Fsp3) is 0.269. The average molecular weight is 736 g/mol. The molecule has 22 heteroatoms. The Bertz CT molecular complexity index is 1840. The summed E-state index contributed by atoms with van der Waals surface area (Å²) in [6.45, 7) is 2.59. The topological polar surface area (TPSA) is 272 Å². The number of anilines is 1. The van der Waals surface area contributed by atoms with E-state index >= 15 is 0 Å². The first-order valence-electron chi connectivity index (χ1n) is 13.5. The fourth-order valence-electron chi connectivity index (χ4n) is 4.18. The number of oxime groups is 1. The molecule has 0 aliphatic carbocycles. The van der Waals surface area contributed by atoms with Crippen LogP contribution in [-0.2, 0) is 24.0 Å². The molecular weight excluding hydrogens is 711 g/mol. The van der Waals surface area contributed by atoms with Gasteiger partial charge in [0.1, 0.15) is 28.3 Å². The predicted molar refractivity (Wildman–Crippen MR) is 174 cm³/mol.